The van der Waals surface area contributed by atoms with Crippen LogP contribution in [0.1, 0.15) is 41.3 Å². The third-order valence-corrected chi connectivity index (χ3v) is 4.38. The highest BCUT2D eigenvalue weighted by atomic mass is 16.4. The molecule has 2 amide bonds. The molecular weight excluding hydrogens is 268 g/mol. The molecule has 5 heteroatoms. The predicted octanol–water partition coefficient (Wildman–Crippen LogP) is 3.26. The first-order valence-corrected chi connectivity index (χ1v) is 7.19. The summed E-state index contributed by atoms with van der Waals surface area (Å²) >= 11 is 0. The second kappa shape index (κ2) is 5.76. The van der Waals surface area contributed by atoms with Gasteiger partial charge in [-0.25, -0.2) is 9.59 Å². The molecule has 1 unspecified atom stereocenters. The molecule has 2 rings (SSSR count). The number of rotatable bonds is 4. The molecule has 0 bridgehead atoms. The number of anilines is 1. The summed E-state index contributed by atoms with van der Waals surface area (Å²) in [7, 11) is 1.78. The number of nitrogens with zero attached hydrogens (tertiary/aromatic N) is 1. The van der Waals surface area contributed by atoms with Gasteiger partial charge in [0, 0.05) is 18.8 Å². The van der Waals surface area contributed by atoms with Crippen molar-refractivity contribution < 1.29 is 14.7 Å². The van der Waals surface area contributed by atoms with Crippen LogP contribution in [0.4, 0.5) is 10.5 Å². The minimum absolute atomic E-state index is 0.200. The molecule has 1 atom stereocenters. The van der Waals surface area contributed by atoms with Gasteiger partial charge in [0.1, 0.15) is 0 Å². The van der Waals surface area contributed by atoms with E-state index < -0.39 is 5.97 Å². The first kappa shape index (κ1) is 15.4. The Balaban J connectivity index is 2.15. The Hall–Kier alpha value is -2.04. The molecule has 1 saturated carbocycles. The van der Waals surface area contributed by atoms with E-state index in [4.69, 9.17) is 0 Å². The largest absolute Gasteiger partial charge is 0.478 e. The summed E-state index contributed by atoms with van der Waals surface area (Å²) in [6.45, 7) is 5.65. The number of hydrogen-bond donors (Lipinski definition) is 2. The molecule has 0 saturated heterocycles. The lowest BCUT2D eigenvalue weighted by atomic mass is 10.0. The Bertz CT molecular complexity index is 579. The van der Waals surface area contributed by atoms with Gasteiger partial charge in [0.15, 0.2) is 0 Å². The molecular formula is C16H22N2O3. The standard InChI is InChI=1S/C16H22N2O3/c1-9-7-13(8-14(10(9)2)15(19)20)17-16(21)18(4)11(3)12-5-6-12/h7-8,11-12H,5-6H2,1-4H3,(H,17,21)(H,19,20). The maximum atomic E-state index is 12.2. The summed E-state index contributed by atoms with van der Waals surface area (Å²) < 4.78 is 0. The van der Waals surface area contributed by atoms with Gasteiger partial charge in [-0.15, -0.1) is 0 Å². The molecule has 1 aromatic rings. The van der Waals surface area contributed by atoms with Crippen LogP contribution in [0.2, 0.25) is 0 Å². The van der Waals surface area contributed by atoms with Crippen LogP contribution in [-0.2, 0) is 0 Å². The van der Waals surface area contributed by atoms with Crippen LogP contribution >= 0.6 is 0 Å². The predicted molar refractivity (Wildman–Crippen MR) is 81.8 cm³/mol. The quantitative estimate of drug-likeness (QED) is 0.894. The molecule has 2 N–H and O–H groups in total. The minimum atomic E-state index is -0.980. The Morgan fingerprint density at radius 2 is 1.95 bits per heavy atom. The number of benzene rings is 1. The molecule has 21 heavy (non-hydrogen) atoms. The normalized spacial score (nSPS) is 15.4. The molecule has 0 aromatic heterocycles. The highest BCUT2D eigenvalue weighted by Gasteiger charge is 2.32. The third-order valence-electron chi connectivity index (χ3n) is 4.38. The van der Waals surface area contributed by atoms with Crippen molar-refractivity contribution in [3.63, 3.8) is 0 Å². The number of urea groups is 1. The van der Waals surface area contributed by atoms with Gasteiger partial charge in [-0.3, -0.25) is 0 Å². The minimum Gasteiger partial charge on any atom is -0.478 e. The molecule has 1 aliphatic rings. The van der Waals surface area contributed by atoms with Crippen molar-refractivity contribution in [2.75, 3.05) is 12.4 Å². The zero-order chi connectivity index (χ0) is 15.7. The Morgan fingerprint density at radius 1 is 1.33 bits per heavy atom. The molecule has 1 aliphatic carbocycles. The lowest BCUT2D eigenvalue weighted by Crippen LogP contribution is -2.39. The molecule has 1 fully saturated rings. The fourth-order valence-electron chi connectivity index (χ4n) is 2.45. The van der Waals surface area contributed by atoms with Gasteiger partial charge in [-0.2, -0.15) is 0 Å². The van der Waals surface area contributed by atoms with Gasteiger partial charge in [0.05, 0.1) is 5.56 Å². The highest BCUT2D eigenvalue weighted by molar-refractivity contribution is 5.94. The van der Waals surface area contributed by atoms with Crippen molar-refractivity contribution in [2.45, 2.75) is 39.7 Å². The Labute approximate surface area is 125 Å². The topological polar surface area (TPSA) is 69.6 Å². The number of nitrogens with one attached hydrogen (secondary N) is 1. The van der Waals surface area contributed by atoms with E-state index >= 15 is 0 Å². The van der Waals surface area contributed by atoms with Crippen molar-refractivity contribution in [1.82, 2.24) is 4.90 Å². The number of carboxylic acid groups (broad SMARTS) is 1. The van der Waals surface area contributed by atoms with Gasteiger partial charge >= 0.3 is 12.0 Å². The van der Waals surface area contributed by atoms with Crippen LogP contribution in [0.3, 0.4) is 0 Å². The molecule has 114 valence electrons. The van der Waals surface area contributed by atoms with Crippen molar-refractivity contribution in [3.05, 3.63) is 28.8 Å². The number of hydrogen-bond acceptors (Lipinski definition) is 2. The second-order valence-corrected chi connectivity index (χ2v) is 5.89. The van der Waals surface area contributed by atoms with Gasteiger partial charge < -0.3 is 15.3 Å². The summed E-state index contributed by atoms with van der Waals surface area (Å²) in [6, 6.07) is 3.32. The van der Waals surface area contributed by atoms with Crippen LogP contribution < -0.4 is 5.32 Å². The van der Waals surface area contributed by atoms with Gasteiger partial charge in [0.2, 0.25) is 0 Å². The van der Waals surface area contributed by atoms with Gasteiger partial charge in [0.25, 0.3) is 0 Å². The zero-order valence-corrected chi connectivity index (χ0v) is 12.9. The lowest BCUT2D eigenvalue weighted by molar-refractivity contribution is 0.0696. The summed E-state index contributed by atoms with van der Waals surface area (Å²) in [5.41, 5.74) is 2.32. The number of carbonyl (C=O) groups is 2. The smallest absolute Gasteiger partial charge is 0.336 e. The van der Waals surface area contributed by atoms with Crippen LogP contribution in [0, 0.1) is 19.8 Å². The summed E-state index contributed by atoms with van der Waals surface area (Å²) in [6.07, 6.45) is 2.34. The van der Waals surface area contributed by atoms with Crippen molar-refractivity contribution in [2.24, 2.45) is 5.92 Å². The van der Waals surface area contributed by atoms with E-state index in [-0.39, 0.29) is 17.6 Å². The van der Waals surface area contributed by atoms with Crippen molar-refractivity contribution in [1.29, 1.82) is 0 Å². The fraction of sp³-hybridized carbons (Fsp3) is 0.500. The molecule has 0 heterocycles. The zero-order valence-electron chi connectivity index (χ0n) is 12.9. The lowest BCUT2D eigenvalue weighted by Gasteiger charge is -2.25. The Morgan fingerprint density at radius 3 is 2.48 bits per heavy atom. The monoisotopic (exact) mass is 290 g/mol. The average Bonchev–Trinajstić information content (AvgIpc) is 3.24. The first-order chi connectivity index (χ1) is 9.81. The molecule has 5 nitrogen and oxygen atoms in total. The number of amides is 2. The van der Waals surface area contributed by atoms with Crippen LogP contribution in [0.5, 0.6) is 0 Å². The SMILES string of the molecule is Cc1cc(NC(=O)N(C)C(C)C2CC2)cc(C(=O)O)c1C. The van der Waals surface area contributed by atoms with Crippen molar-refractivity contribution in [3.8, 4) is 0 Å². The van der Waals surface area contributed by atoms with E-state index in [2.05, 4.69) is 5.32 Å². The maximum Gasteiger partial charge on any atom is 0.336 e. The van der Waals surface area contributed by atoms with E-state index in [1.165, 1.54) is 18.9 Å². The number of aromatic carboxylic acids is 1. The van der Waals surface area contributed by atoms with E-state index in [1.807, 2.05) is 13.8 Å². The maximum absolute atomic E-state index is 12.2. The molecule has 1 aromatic carbocycles. The number of carbonyl (C=O) groups excluding carboxylic acids is 1. The summed E-state index contributed by atoms with van der Waals surface area (Å²) in [4.78, 5) is 25.1. The Kier molecular flexibility index (Phi) is 4.21. The molecule has 0 radical (unpaired) electrons. The number of aryl methyl sites for hydroxylation is 1. The van der Waals surface area contributed by atoms with Crippen molar-refractivity contribution >= 4 is 17.7 Å². The summed E-state index contributed by atoms with van der Waals surface area (Å²) in [5.74, 6) is -0.388. The van der Waals surface area contributed by atoms with Gasteiger partial charge in [-0.05, 0) is 62.8 Å². The second-order valence-electron chi connectivity index (χ2n) is 5.89. The average molecular weight is 290 g/mol. The third kappa shape index (κ3) is 3.35. The van der Waals surface area contributed by atoms with E-state index in [0.29, 0.717) is 11.6 Å². The van der Waals surface area contributed by atoms with Crippen LogP contribution in [-0.4, -0.2) is 35.1 Å². The van der Waals surface area contributed by atoms with E-state index in [1.54, 1.807) is 24.9 Å². The van der Waals surface area contributed by atoms with Gasteiger partial charge in [-0.1, -0.05) is 0 Å². The fourth-order valence-corrected chi connectivity index (χ4v) is 2.45. The first-order valence-electron chi connectivity index (χ1n) is 7.19. The highest BCUT2D eigenvalue weighted by Crippen LogP contribution is 2.34. The number of carboxylic acids is 1. The molecule has 0 spiro atoms. The van der Waals surface area contributed by atoms with Crippen LogP contribution in [0.25, 0.3) is 0 Å². The summed E-state index contributed by atoms with van der Waals surface area (Å²) in [5, 5.41) is 12.0. The van der Waals surface area contributed by atoms with E-state index in [9.17, 15) is 14.7 Å². The van der Waals surface area contributed by atoms with Crippen LogP contribution in [0.15, 0.2) is 12.1 Å². The molecule has 0 aliphatic heterocycles. The van der Waals surface area contributed by atoms with E-state index in [0.717, 1.165) is 11.1 Å².